The second-order valence-corrected chi connectivity index (χ2v) is 7.41. The van der Waals surface area contributed by atoms with Crippen LogP contribution in [-0.2, 0) is 6.54 Å². The van der Waals surface area contributed by atoms with Crippen LogP contribution in [0.3, 0.4) is 0 Å². The van der Waals surface area contributed by atoms with Gasteiger partial charge in [0, 0.05) is 23.7 Å². The van der Waals surface area contributed by atoms with E-state index in [1.54, 1.807) is 7.11 Å². The average Bonchev–Trinajstić information content (AvgIpc) is 3.18. The van der Waals surface area contributed by atoms with E-state index in [0.29, 0.717) is 10.7 Å². The van der Waals surface area contributed by atoms with Crippen molar-refractivity contribution in [1.82, 2.24) is 14.7 Å². The highest BCUT2D eigenvalue weighted by atomic mass is 32.1. The Morgan fingerprint density at radius 3 is 2.69 bits per heavy atom. The van der Waals surface area contributed by atoms with Crippen LogP contribution < -0.4 is 15.6 Å². The standard InChI is InChI=1S/C22H19N3O3S/c1-14-7-9-15(10-8-14)18-13-29-22-24-12-17(21(27)25(18)22)20(26)23-11-16-5-3-4-6-19(16)28-2/h3-10,12-13H,11H2,1-2H3,(H,23,26). The molecule has 0 saturated carbocycles. The van der Waals surface area contributed by atoms with E-state index in [9.17, 15) is 9.59 Å². The summed E-state index contributed by atoms with van der Waals surface area (Å²) < 4.78 is 6.79. The summed E-state index contributed by atoms with van der Waals surface area (Å²) in [6.07, 6.45) is 1.34. The molecule has 4 aromatic rings. The minimum atomic E-state index is -0.469. The molecule has 0 saturated heterocycles. The Bertz CT molecular complexity index is 1240. The molecule has 0 aliphatic heterocycles. The predicted octanol–water partition coefficient (Wildman–Crippen LogP) is 3.67. The maximum atomic E-state index is 13.1. The molecule has 2 aromatic carbocycles. The molecule has 2 aromatic heterocycles. The second-order valence-electron chi connectivity index (χ2n) is 6.58. The molecule has 0 unspecified atom stereocenters. The number of aromatic nitrogens is 2. The number of aryl methyl sites for hydroxylation is 1. The van der Waals surface area contributed by atoms with Gasteiger partial charge in [0.05, 0.1) is 12.8 Å². The fourth-order valence-corrected chi connectivity index (χ4v) is 3.95. The fourth-order valence-electron chi connectivity index (χ4n) is 3.09. The molecule has 7 heteroatoms. The normalized spacial score (nSPS) is 10.8. The number of para-hydroxylation sites is 1. The number of nitrogens with one attached hydrogen (secondary N) is 1. The molecule has 1 amide bonds. The fraction of sp³-hybridized carbons (Fsp3) is 0.136. The van der Waals surface area contributed by atoms with Crippen LogP contribution in [0.4, 0.5) is 0 Å². The molecule has 6 nitrogen and oxygen atoms in total. The van der Waals surface area contributed by atoms with Gasteiger partial charge in [0.25, 0.3) is 11.5 Å². The zero-order valence-corrected chi connectivity index (χ0v) is 16.8. The summed E-state index contributed by atoms with van der Waals surface area (Å²) in [5, 5.41) is 4.67. The van der Waals surface area contributed by atoms with E-state index in [-0.39, 0.29) is 17.7 Å². The quantitative estimate of drug-likeness (QED) is 0.550. The Hall–Kier alpha value is -3.45. The summed E-state index contributed by atoms with van der Waals surface area (Å²) in [7, 11) is 1.58. The van der Waals surface area contributed by atoms with E-state index >= 15 is 0 Å². The van der Waals surface area contributed by atoms with Crippen molar-refractivity contribution in [2.45, 2.75) is 13.5 Å². The first-order chi connectivity index (χ1) is 14.1. The van der Waals surface area contributed by atoms with Crippen LogP contribution in [0, 0.1) is 6.92 Å². The molecule has 0 aliphatic carbocycles. The highest BCUT2D eigenvalue weighted by molar-refractivity contribution is 7.15. The van der Waals surface area contributed by atoms with Crippen LogP contribution in [0.25, 0.3) is 16.2 Å². The van der Waals surface area contributed by atoms with Crippen molar-refractivity contribution < 1.29 is 9.53 Å². The predicted molar refractivity (Wildman–Crippen MR) is 114 cm³/mol. The highest BCUT2D eigenvalue weighted by Crippen LogP contribution is 2.24. The van der Waals surface area contributed by atoms with Crippen molar-refractivity contribution in [3.63, 3.8) is 0 Å². The molecule has 0 aliphatic rings. The van der Waals surface area contributed by atoms with Crippen molar-refractivity contribution in [2.75, 3.05) is 7.11 Å². The smallest absolute Gasteiger partial charge is 0.271 e. The van der Waals surface area contributed by atoms with Gasteiger partial charge in [0.15, 0.2) is 4.96 Å². The van der Waals surface area contributed by atoms with Gasteiger partial charge < -0.3 is 10.1 Å². The van der Waals surface area contributed by atoms with Crippen LogP contribution in [0.5, 0.6) is 5.75 Å². The van der Waals surface area contributed by atoms with Gasteiger partial charge in [-0.2, -0.15) is 0 Å². The zero-order chi connectivity index (χ0) is 20.4. The highest BCUT2D eigenvalue weighted by Gasteiger charge is 2.17. The number of hydrogen-bond donors (Lipinski definition) is 1. The topological polar surface area (TPSA) is 72.7 Å². The van der Waals surface area contributed by atoms with Crippen molar-refractivity contribution >= 4 is 22.2 Å². The van der Waals surface area contributed by atoms with Gasteiger partial charge in [-0.3, -0.25) is 14.0 Å². The molecule has 1 N–H and O–H groups in total. The molecule has 0 atom stereocenters. The summed E-state index contributed by atoms with van der Waals surface area (Å²) in [5.74, 6) is 0.210. The zero-order valence-electron chi connectivity index (χ0n) is 16.0. The lowest BCUT2D eigenvalue weighted by atomic mass is 10.1. The summed E-state index contributed by atoms with van der Waals surface area (Å²) in [6, 6.07) is 15.3. The van der Waals surface area contributed by atoms with Crippen molar-refractivity contribution in [2.24, 2.45) is 0 Å². The maximum absolute atomic E-state index is 13.1. The van der Waals surface area contributed by atoms with Gasteiger partial charge in [0.1, 0.15) is 11.3 Å². The minimum absolute atomic E-state index is 0.00385. The number of methoxy groups -OCH3 is 1. The molecule has 0 fully saturated rings. The van der Waals surface area contributed by atoms with Crippen molar-refractivity contribution in [1.29, 1.82) is 0 Å². The number of carbonyl (C=O) groups excluding carboxylic acids is 1. The summed E-state index contributed by atoms with van der Waals surface area (Å²) in [4.78, 5) is 30.6. The molecule has 0 bridgehead atoms. The second kappa shape index (κ2) is 7.89. The van der Waals surface area contributed by atoms with E-state index in [1.807, 2.05) is 60.8 Å². The maximum Gasteiger partial charge on any atom is 0.271 e. The SMILES string of the molecule is COc1ccccc1CNC(=O)c1cnc2scc(-c3ccc(C)cc3)n2c1=O. The van der Waals surface area contributed by atoms with Gasteiger partial charge in [-0.15, -0.1) is 11.3 Å². The van der Waals surface area contributed by atoms with Gasteiger partial charge in [-0.05, 0) is 18.6 Å². The monoisotopic (exact) mass is 405 g/mol. The Balaban J connectivity index is 1.66. The molecule has 4 rings (SSSR count). The number of ether oxygens (including phenoxy) is 1. The molecule has 0 radical (unpaired) electrons. The van der Waals surface area contributed by atoms with E-state index in [4.69, 9.17) is 4.74 Å². The number of carbonyl (C=O) groups is 1. The lowest BCUT2D eigenvalue weighted by molar-refractivity contribution is 0.0948. The molecular formula is C22H19N3O3S. The first-order valence-electron chi connectivity index (χ1n) is 9.05. The summed E-state index contributed by atoms with van der Waals surface area (Å²) in [6.45, 7) is 2.26. The summed E-state index contributed by atoms with van der Waals surface area (Å²) >= 11 is 1.37. The number of nitrogens with zero attached hydrogens (tertiary/aromatic N) is 2. The first kappa shape index (κ1) is 18.9. The number of thiazole rings is 1. The third-order valence-electron chi connectivity index (χ3n) is 4.67. The Morgan fingerprint density at radius 2 is 1.93 bits per heavy atom. The van der Waals surface area contributed by atoms with Gasteiger partial charge in [-0.1, -0.05) is 48.0 Å². The van der Waals surface area contributed by atoms with Gasteiger partial charge >= 0.3 is 0 Å². The van der Waals surface area contributed by atoms with E-state index < -0.39 is 5.91 Å². The number of rotatable bonds is 5. The van der Waals surface area contributed by atoms with E-state index in [2.05, 4.69) is 10.3 Å². The lowest BCUT2D eigenvalue weighted by Crippen LogP contribution is -2.31. The molecule has 29 heavy (non-hydrogen) atoms. The van der Waals surface area contributed by atoms with Crippen molar-refractivity contribution in [3.05, 3.63) is 87.2 Å². The summed E-state index contributed by atoms with van der Waals surface area (Å²) in [5.41, 5.74) is 3.20. The molecule has 146 valence electrons. The molecular weight excluding hydrogens is 386 g/mol. The largest absolute Gasteiger partial charge is 0.496 e. The van der Waals surface area contributed by atoms with Crippen LogP contribution in [0.1, 0.15) is 21.5 Å². The third kappa shape index (κ3) is 3.64. The lowest BCUT2D eigenvalue weighted by Gasteiger charge is -2.09. The number of hydrogen-bond acceptors (Lipinski definition) is 5. The first-order valence-corrected chi connectivity index (χ1v) is 9.93. The number of fused-ring (bicyclic) bond motifs is 1. The minimum Gasteiger partial charge on any atom is -0.496 e. The third-order valence-corrected chi connectivity index (χ3v) is 5.51. The van der Waals surface area contributed by atoms with E-state index in [0.717, 1.165) is 22.4 Å². The number of benzene rings is 2. The van der Waals surface area contributed by atoms with Crippen molar-refractivity contribution in [3.8, 4) is 17.0 Å². The Kier molecular flexibility index (Phi) is 5.14. The Labute approximate surface area is 171 Å². The van der Waals surface area contributed by atoms with Crippen LogP contribution >= 0.6 is 11.3 Å². The van der Waals surface area contributed by atoms with Gasteiger partial charge in [0.2, 0.25) is 0 Å². The van der Waals surface area contributed by atoms with Crippen LogP contribution in [-0.4, -0.2) is 22.4 Å². The van der Waals surface area contributed by atoms with Crippen LogP contribution in [0.2, 0.25) is 0 Å². The molecule has 0 spiro atoms. The number of amides is 1. The molecule has 2 heterocycles. The average molecular weight is 405 g/mol. The van der Waals surface area contributed by atoms with Gasteiger partial charge in [-0.25, -0.2) is 4.98 Å². The van der Waals surface area contributed by atoms with Crippen LogP contribution in [0.15, 0.2) is 64.9 Å². The Morgan fingerprint density at radius 1 is 1.17 bits per heavy atom. The van der Waals surface area contributed by atoms with E-state index in [1.165, 1.54) is 21.9 Å².